The van der Waals surface area contributed by atoms with Crippen molar-refractivity contribution in [2.75, 3.05) is 34.9 Å². The second-order valence-electron chi connectivity index (χ2n) is 13.3. The number of carboxylic acid groups (broad SMARTS) is 1. The molecule has 0 aliphatic rings. The molecule has 1 unspecified atom stereocenters. The molecular formula is C43H38N6O13S. The van der Waals surface area contributed by atoms with E-state index in [-0.39, 0.29) is 39.0 Å². The fraction of sp³-hybridized carbons (Fsp3) is 0.116. The van der Waals surface area contributed by atoms with Crippen LogP contribution in [0.15, 0.2) is 108 Å². The molecule has 20 heteroatoms. The Kier molecular flexibility index (Phi) is 14.2. The van der Waals surface area contributed by atoms with E-state index in [0.717, 1.165) is 50.6 Å². The van der Waals surface area contributed by atoms with Gasteiger partial charge in [-0.3, -0.25) is 23.9 Å². The van der Waals surface area contributed by atoms with Crippen molar-refractivity contribution in [1.29, 1.82) is 5.26 Å². The standard InChI is InChI=1S/C43H38N6O13S/c1-23(22-24-4-12-28(50)13-5-24)39(53)45-26-8-6-25(7-9-26)40(54)48-34(20-21-44)42(56)46-27-10-14-29(15-11-27)63(59,60)49-33-19-16-30(35(51)38(33)62-3)41(55)47-32-18-17-31(43(57)58)36(52)37(32)61-2/h4-19,22,34,49-52H,20H2,1-3H3,(H,45,53)(H,46,56)(H,47,55)(H,48,54)(H,57,58). The van der Waals surface area contributed by atoms with Crippen LogP contribution in [0.25, 0.3) is 6.08 Å². The zero-order valence-corrected chi connectivity index (χ0v) is 34.2. The second-order valence-corrected chi connectivity index (χ2v) is 15.0. The first kappa shape index (κ1) is 45.5. The van der Waals surface area contributed by atoms with Crippen LogP contribution in [0.3, 0.4) is 0 Å². The molecule has 0 aromatic heterocycles. The van der Waals surface area contributed by atoms with E-state index in [9.17, 15) is 58.1 Å². The Morgan fingerprint density at radius 1 is 0.714 bits per heavy atom. The van der Waals surface area contributed by atoms with E-state index in [1.54, 1.807) is 25.1 Å². The van der Waals surface area contributed by atoms with Gasteiger partial charge in [0.25, 0.3) is 27.7 Å². The largest absolute Gasteiger partial charge is 0.508 e. The molecule has 63 heavy (non-hydrogen) atoms. The monoisotopic (exact) mass is 878 g/mol. The highest BCUT2D eigenvalue weighted by Gasteiger charge is 2.26. The van der Waals surface area contributed by atoms with Crippen molar-refractivity contribution < 1.29 is 62.3 Å². The Hall–Kier alpha value is -8.57. The highest BCUT2D eigenvalue weighted by molar-refractivity contribution is 7.92. The lowest BCUT2D eigenvalue weighted by molar-refractivity contribution is -0.118. The van der Waals surface area contributed by atoms with Gasteiger partial charge in [-0.05, 0) is 103 Å². The summed E-state index contributed by atoms with van der Waals surface area (Å²) in [7, 11) is -2.15. The van der Waals surface area contributed by atoms with E-state index in [4.69, 9.17) is 9.47 Å². The van der Waals surface area contributed by atoms with Gasteiger partial charge in [0.05, 0.1) is 48.5 Å². The first-order valence-electron chi connectivity index (χ1n) is 18.3. The lowest BCUT2D eigenvalue weighted by atomic mass is 10.1. The van der Waals surface area contributed by atoms with Gasteiger partial charge in [-0.2, -0.15) is 5.26 Å². The summed E-state index contributed by atoms with van der Waals surface area (Å²) in [4.78, 5) is 63.1. The van der Waals surface area contributed by atoms with Crippen LogP contribution in [0.2, 0.25) is 0 Å². The molecule has 324 valence electrons. The van der Waals surface area contributed by atoms with Crippen molar-refractivity contribution >= 4 is 68.4 Å². The van der Waals surface area contributed by atoms with Crippen molar-refractivity contribution in [3.05, 3.63) is 125 Å². The molecule has 0 radical (unpaired) electrons. The number of carbonyl (C=O) groups is 5. The smallest absolute Gasteiger partial charge is 0.339 e. The van der Waals surface area contributed by atoms with Gasteiger partial charge in [0, 0.05) is 22.5 Å². The molecule has 0 fully saturated rings. The molecule has 0 saturated carbocycles. The Morgan fingerprint density at radius 2 is 1.27 bits per heavy atom. The third-order valence-corrected chi connectivity index (χ3v) is 10.4. The van der Waals surface area contributed by atoms with Gasteiger partial charge >= 0.3 is 5.97 Å². The highest BCUT2D eigenvalue weighted by atomic mass is 32.2. The molecule has 0 spiro atoms. The number of nitriles is 1. The topological polar surface area (TPSA) is 303 Å². The number of carboxylic acids is 1. The normalized spacial score (nSPS) is 11.6. The number of aromatic carboxylic acids is 1. The average molecular weight is 879 g/mol. The number of methoxy groups -OCH3 is 2. The molecule has 5 aromatic rings. The molecule has 19 nitrogen and oxygen atoms in total. The van der Waals surface area contributed by atoms with Gasteiger partial charge in [0.2, 0.25) is 5.91 Å². The van der Waals surface area contributed by atoms with Gasteiger partial charge in [-0.25, -0.2) is 13.2 Å². The molecule has 4 amide bonds. The van der Waals surface area contributed by atoms with Gasteiger partial charge in [-0.1, -0.05) is 12.1 Å². The molecule has 0 bridgehead atoms. The predicted octanol–water partition coefficient (Wildman–Crippen LogP) is 5.26. The fourth-order valence-corrected chi connectivity index (χ4v) is 6.86. The van der Waals surface area contributed by atoms with Crippen molar-refractivity contribution in [3.63, 3.8) is 0 Å². The van der Waals surface area contributed by atoms with E-state index in [0.29, 0.717) is 16.8 Å². The Balaban J connectivity index is 1.21. The number of phenolic OH excluding ortho intramolecular Hbond substituents is 2. The Bertz CT molecular complexity index is 2770. The molecule has 1 atom stereocenters. The number of amides is 4. The number of nitrogens with zero attached hydrogens (tertiary/aromatic N) is 1. The number of aromatic hydroxyl groups is 3. The number of anilines is 4. The average Bonchev–Trinajstić information content (AvgIpc) is 3.24. The van der Waals surface area contributed by atoms with Crippen LogP contribution in [0.5, 0.6) is 28.7 Å². The summed E-state index contributed by atoms with van der Waals surface area (Å²) in [5.74, 6) is -6.53. The number of hydrogen-bond donors (Lipinski definition) is 9. The molecule has 0 heterocycles. The lowest BCUT2D eigenvalue weighted by Crippen LogP contribution is -2.43. The second kappa shape index (κ2) is 19.7. The van der Waals surface area contributed by atoms with Crippen LogP contribution in [0.4, 0.5) is 22.7 Å². The quantitative estimate of drug-likeness (QED) is 0.0571. The van der Waals surface area contributed by atoms with Crippen LogP contribution in [-0.4, -0.2) is 78.7 Å². The van der Waals surface area contributed by atoms with E-state index in [1.807, 2.05) is 6.07 Å². The van der Waals surface area contributed by atoms with Crippen molar-refractivity contribution in [2.45, 2.75) is 24.3 Å². The number of carbonyl (C=O) groups excluding carboxylic acids is 4. The fourth-order valence-electron chi connectivity index (χ4n) is 5.79. The number of rotatable bonds is 16. The highest BCUT2D eigenvalue weighted by Crippen LogP contribution is 2.41. The van der Waals surface area contributed by atoms with Crippen LogP contribution >= 0.6 is 0 Å². The van der Waals surface area contributed by atoms with E-state index in [1.165, 1.54) is 48.5 Å². The van der Waals surface area contributed by atoms with Crippen molar-refractivity contribution in [2.24, 2.45) is 0 Å². The van der Waals surface area contributed by atoms with E-state index >= 15 is 0 Å². The number of nitrogens with one attached hydrogen (secondary N) is 5. The van der Waals surface area contributed by atoms with Crippen LogP contribution in [0, 0.1) is 11.3 Å². The van der Waals surface area contributed by atoms with E-state index < -0.39 is 80.5 Å². The zero-order valence-electron chi connectivity index (χ0n) is 33.4. The molecule has 0 saturated heterocycles. The van der Waals surface area contributed by atoms with Crippen LogP contribution in [-0.2, 0) is 19.6 Å². The van der Waals surface area contributed by atoms with Crippen LogP contribution < -0.4 is 35.5 Å². The Morgan fingerprint density at radius 3 is 1.87 bits per heavy atom. The van der Waals surface area contributed by atoms with Gasteiger partial charge < -0.3 is 51.2 Å². The number of sulfonamides is 1. The minimum Gasteiger partial charge on any atom is -0.508 e. The summed E-state index contributed by atoms with van der Waals surface area (Å²) in [5, 5.41) is 59.4. The van der Waals surface area contributed by atoms with Crippen molar-refractivity contribution in [1.82, 2.24) is 5.32 Å². The van der Waals surface area contributed by atoms with Crippen LogP contribution in [0.1, 0.15) is 50.0 Å². The summed E-state index contributed by atoms with van der Waals surface area (Å²) < 4.78 is 39.3. The van der Waals surface area contributed by atoms with E-state index in [2.05, 4.69) is 26.0 Å². The number of hydrogen-bond acceptors (Lipinski definition) is 13. The molecular weight excluding hydrogens is 841 g/mol. The predicted molar refractivity (Wildman–Crippen MR) is 228 cm³/mol. The maximum atomic E-state index is 13.4. The first-order valence-corrected chi connectivity index (χ1v) is 19.8. The lowest BCUT2D eigenvalue weighted by Gasteiger charge is -2.17. The van der Waals surface area contributed by atoms with Gasteiger partial charge in [0.15, 0.2) is 23.0 Å². The zero-order chi connectivity index (χ0) is 46.0. The minimum atomic E-state index is -4.39. The maximum absolute atomic E-state index is 13.4. The third kappa shape index (κ3) is 11.0. The first-order chi connectivity index (χ1) is 30.0. The van der Waals surface area contributed by atoms with Gasteiger partial charge in [-0.15, -0.1) is 0 Å². The molecule has 0 aliphatic heterocycles. The Labute approximate surface area is 359 Å². The van der Waals surface area contributed by atoms with Crippen molar-refractivity contribution in [3.8, 4) is 34.8 Å². The molecule has 9 N–H and O–H groups in total. The summed E-state index contributed by atoms with van der Waals surface area (Å²) in [6.45, 7) is 1.61. The number of phenols is 3. The molecule has 5 aromatic carbocycles. The summed E-state index contributed by atoms with van der Waals surface area (Å²) in [5.41, 5.74) is 0.404. The SMILES string of the molecule is COc1c(NC(=O)c2ccc(NS(=O)(=O)c3ccc(NC(=O)C(CC#N)NC(=O)c4ccc(NC(=O)C(C)=Cc5ccc(O)cc5)cc4)cc3)c(OC)c2O)ccc(C(=O)O)c1O. The third-order valence-electron chi connectivity index (χ3n) is 9.03. The summed E-state index contributed by atoms with van der Waals surface area (Å²) in [6, 6.07) is 21.8. The summed E-state index contributed by atoms with van der Waals surface area (Å²) >= 11 is 0. The summed E-state index contributed by atoms with van der Waals surface area (Å²) in [6.07, 6.45) is 1.22. The molecule has 5 rings (SSSR count). The molecule has 0 aliphatic carbocycles. The maximum Gasteiger partial charge on any atom is 0.339 e. The van der Waals surface area contributed by atoms with Gasteiger partial charge in [0.1, 0.15) is 17.4 Å². The number of benzene rings is 5. The number of ether oxygens (including phenoxy) is 2. The minimum absolute atomic E-state index is 0.0912.